The molecule has 0 unspecified atom stereocenters. The number of hydrogen-bond donors (Lipinski definition) is 0. The summed E-state index contributed by atoms with van der Waals surface area (Å²) in [6.45, 7) is 5.80. The first-order valence-electron chi connectivity index (χ1n) is 11.1. The molecule has 6 aliphatic rings. The molecule has 0 N–H and O–H groups in total. The van der Waals surface area contributed by atoms with Crippen LogP contribution in [0.15, 0.2) is 23.8 Å². The van der Waals surface area contributed by atoms with E-state index < -0.39 is 0 Å². The van der Waals surface area contributed by atoms with E-state index in [1.807, 2.05) is 0 Å². The summed E-state index contributed by atoms with van der Waals surface area (Å²) in [6, 6.07) is 0. The van der Waals surface area contributed by atoms with Gasteiger partial charge < -0.3 is 4.74 Å². The second-order valence-corrected chi connectivity index (χ2v) is 10.4. The molecule has 1 heterocycles. The van der Waals surface area contributed by atoms with Crippen LogP contribution in [0.4, 0.5) is 0 Å². The van der Waals surface area contributed by atoms with Crippen LogP contribution in [0.2, 0.25) is 0 Å². The number of ether oxygens (including phenoxy) is 1. The molecule has 6 rings (SSSR count). The summed E-state index contributed by atoms with van der Waals surface area (Å²) in [5, 5.41) is 0. The van der Waals surface area contributed by atoms with Crippen molar-refractivity contribution >= 4 is 5.78 Å². The molecule has 0 radical (unpaired) electrons. The van der Waals surface area contributed by atoms with Crippen LogP contribution >= 0.6 is 0 Å². The molecular formula is C24H32O2. The molecule has 4 fully saturated rings. The van der Waals surface area contributed by atoms with E-state index in [9.17, 15) is 4.79 Å². The number of allylic oxidation sites excluding steroid dienone is 1. The van der Waals surface area contributed by atoms with Crippen molar-refractivity contribution in [3.05, 3.63) is 23.8 Å². The van der Waals surface area contributed by atoms with Gasteiger partial charge in [-0.3, -0.25) is 4.79 Å². The Labute approximate surface area is 157 Å². The van der Waals surface area contributed by atoms with E-state index in [1.54, 1.807) is 0 Å². The van der Waals surface area contributed by atoms with E-state index in [1.165, 1.54) is 37.7 Å². The van der Waals surface area contributed by atoms with Crippen LogP contribution in [0.1, 0.15) is 58.8 Å². The summed E-state index contributed by atoms with van der Waals surface area (Å²) < 4.78 is 6.53. The van der Waals surface area contributed by atoms with E-state index >= 15 is 0 Å². The number of carbonyl (C=O) groups excluding carboxylic acids is 1. The van der Waals surface area contributed by atoms with E-state index in [4.69, 9.17) is 4.74 Å². The van der Waals surface area contributed by atoms with Crippen molar-refractivity contribution in [2.75, 3.05) is 6.61 Å². The fourth-order valence-electron chi connectivity index (χ4n) is 8.84. The summed E-state index contributed by atoms with van der Waals surface area (Å²) >= 11 is 0. The molecule has 2 nitrogen and oxygen atoms in total. The first-order chi connectivity index (χ1) is 12.6. The normalized spacial score (nSPS) is 56.6. The minimum Gasteiger partial charge on any atom is -0.366 e. The van der Waals surface area contributed by atoms with Crippen LogP contribution in [0.3, 0.4) is 0 Å². The molecule has 9 atom stereocenters. The molecule has 1 aliphatic heterocycles. The Morgan fingerprint density at radius 2 is 2.15 bits per heavy atom. The molecule has 0 aromatic rings. The van der Waals surface area contributed by atoms with Crippen LogP contribution < -0.4 is 0 Å². The Bertz CT molecular complexity index is 720. The molecule has 0 amide bonds. The largest absolute Gasteiger partial charge is 0.366 e. The predicted octanol–water partition coefficient (Wildman–Crippen LogP) is 4.95. The first kappa shape index (κ1) is 16.1. The summed E-state index contributed by atoms with van der Waals surface area (Å²) in [4.78, 5) is 12.0. The van der Waals surface area contributed by atoms with Crippen molar-refractivity contribution in [3.63, 3.8) is 0 Å². The lowest BCUT2D eigenvalue weighted by Gasteiger charge is -2.59. The molecule has 4 saturated carbocycles. The zero-order valence-electron chi connectivity index (χ0n) is 16.2. The van der Waals surface area contributed by atoms with E-state index in [-0.39, 0.29) is 5.60 Å². The lowest BCUT2D eigenvalue weighted by molar-refractivity contribution is -0.141. The van der Waals surface area contributed by atoms with Gasteiger partial charge in [-0.1, -0.05) is 38.0 Å². The van der Waals surface area contributed by atoms with Gasteiger partial charge in [0.25, 0.3) is 0 Å². The third-order valence-corrected chi connectivity index (χ3v) is 9.78. The van der Waals surface area contributed by atoms with Gasteiger partial charge in [-0.2, -0.15) is 0 Å². The average molecular weight is 353 g/mol. The van der Waals surface area contributed by atoms with Gasteiger partial charge in [-0.05, 0) is 79.6 Å². The van der Waals surface area contributed by atoms with Crippen molar-refractivity contribution in [2.45, 2.75) is 64.4 Å². The van der Waals surface area contributed by atoms with E-state index in [0.717, 1.165) is 55.0 Å². The van der Waals surface area contributed by atoms with Crippen LogP contribution in [0.5, 0.6) is 0 Å². The lowest BCUT2D eigenvalue weighted by Crippen LogP contribution is -2.56. The second-order valence-electron chi connectivity index (χ2n) is 10.4. The molecule has 0 aromatic carbocycles. The van der Waals surface area contributed by atoms with E-state index in [0.29, 0.717) is 17.1 Å². The van der Waals surface area contributed by atoms with Gasteiger partial charge in [0.05, 0.1) is 12.2 Å². The Hall–Kier alpha value is -0.890. The zero-order valence-corrected chi connectivity index (χ0v) is 16.2. The Balaban J connectivity index is 1.42. The van der Waals surface area contributed by atoms with Crippen molar-refractivity contribution in [3.8, 4) is 0 Å². The highest BCUT2D eigenvalue weighted by molar-refractivity contribution is 5.91. The standard InChI is InChI=1S/C24H32O2/c1-3-14-11-15-12-16(25)5-6-17(15)18-7-9-23(2)22(21(14)18)19-13-20(19)24(23)8-4-10-26-24/h4,8,12,14,17-22H,3,5-7,9-11,13H2,1-2H3/t14-,17-,18+,19-,20+,21+,22-,23-,24-/m0/s1. The van der Waals surface area contributed by atoms with Gasteiger partial charge in [0.15, 0.2) is 5.78 Å². The predicted molar refractivity (Wildman–Crippen MR) is 101 cm³/mol. The topological polar surface area (TPSA) is 26.3 Å². The summed E-state index contributed by atoms with van der Waals surface area (Å²) in [7, 11) is 0. The quantitative estimate of drug-likeness (QED) is 0.625. The first-order valence-corrected chi connectivity index (χ1v) is 11.1. The Morgan fingerprint density at radius 3 is 2.92 bits per heavy atom. The number of ketones is 1. The fraction of sp³-hybridized carbons (Fsp3) is 0.792. The van der Waals surface area contributed by atoms with Gasteiger partial charge in [-0.15, -0.1) is 0 Å². The van der Waals surface area contributed by atoms with Crippen molar-refractivity contribution in [1.82, 2.24) is 0 Å². The Morgan fingerprint density at radius 1 is 1.27 bits per heavy atom. The molecule has 5 aliphatic carbocycles. The molecular weight excluding hydrogens is 320 g/mol. The third-order valence-electron chi connectivity index (χ3n) is 9.78. The maximum absolute atomic E-state index is 12.0. The zero-order chi connectivity index (χ0) is 17.7. The van der Waals surface area contributed by atoms with Crippen molar-refractivity contribution in [1.29, 1.82) is 0 Å². The maximum atomic E-state index is 12.0. The summed E-state index contributed by atoms with van der Waals surface area (Å²) in [6.07, 6.45) is 15.3. The summed E-state index contributed by atoms with van der Waals surface area (Å²) in [5.74, 6) is 6.10. The van der Waals surface area contributed by atoms with Crippen LogP contribution in [-0.2, 0) is 9.53 Å². The minimum absolute atomic E-state index is 0.0598. The van der Waals surface area contributed by atoms with Crippen molar-refractivity contribution in [2.24, 2.45) is 46.8 Å². The molecule has 1 spiro atoms. The maximum Gasteiger partial charge on any atom is 0.155 e. The third kappa shape index (κ3) is 1.76. The van der Waals surface area contributed by atoms with Gasteiger partial charge in [0, 0.05) is 11.8 Å². The fourth-order valence-corrected chi connectivity index (χ4v) is 8.84. The number of carbonyl (C=O) groups is 1. The Kier molecular flexibility index (Phi) is 3.18. The molecule has 0 aromatic heterocycles. The van der Waals surface area contributed by atoms with Crippen LogP contribution in [-0.4, -0.2) is 18.0 Å². The second kappa shape index (κ2) is 5.13. The highest BCUT2D eigenvalue weighted by Crippen LogP contribution is 2.78. The van der Waals surface area contributed by atoms with Crippen LogP contribution in [0.25, 0.3) is 0 Å². The number of hydrogen-bond acceptors (Lipinski definition) is 2. The van der Waals surface area contributed by atoms with Crippen molar-refractivity contribution < 1.29 is 9.53 Å². The molecule has 0 saturated heterocycles. The highest BCUT2D eigenvalue weighted by Gasteiger charge is 2.76. The average Bonchev–Trinajstić information content (AvgIpc) is 3.20. The molecule has 26 heavy (non-hydrogen) atoms. The molecule has 140 valence electrons. The molecule has 0 bridgehead atoms. The van der Waals surface area contributed by atoms with Gasteiger partial charge >= 0.3 is 0 Å². The lowest BCUT2D eigenvalue weighted by atomic mass is 9.46. The monoisotopic (exact) mass is 352 g/mol. The smallest absolute Gasteiger partial charge is 0.155 e. The number of rotatable bonds is 1. The molecule has 2 heteroatoms. The number of fused-ring (bicyclic) bond motifs is 9. The van der Waals surface area contributed by atoms with Gasteiger partial charge in [-0.25, -0.2) is 0 Å². The highest BCUT2D eigenvalue weighted by atomic mass is 16.5. The van der Waals surface area contributed by atoms with Crippen LogP contribution in [0, 0.1) is 46.8 Å². The van der Waals surface area contributed by atoms with E-state index in [2.05, 4.69) is 32.1 Å². The summed E-state index contributed by atoms with van der Waals surface area (Å²) in [5.41, 5.74) is 1.92. The van der Waals surface area contributed by atoms with Gasteiger partial charge in [0.2, 0.25) is 0 Å². The SMILES string of the molecule is CC[C@H]1CC2=CC(=O)CC[C@@H]2[C@H]2CC[C@@]3(C)[C@@H]([C@H]4C[C@H]4[C@@]34C=CCO4)[C@H]12. The minimum atomic E-state index is 0.0598. The van der Waals surface area contributed by atoms with Gasteiger partial charge in [0.1, 0.15) is 0 Å².